The van der Waals surface area contributed by atoms with Gasteiger partial charge in [-0.2, -0.15) is 0 Å². The Labute approximate surface area is 118 Å². The lowest BCUT2D eigenvalue weighted by atomic mass is 9.78. The first kappa shape index (κ1) is 14.3. The number of carbonyl (C=O) groups is 1. The predicted octanol–water partition coefficient (Wildman–Crippen LogP) is 3.99. The topological polar surface area (TPSA) is 26.3 Å². The second kappa shape index (κ2) is 5.45. The van der Waals surface area contributed by atoms with Gasteiger partial charge in [0.2, 0.25) is 0 Å². The molecule has 0 fully saturated rings. The summed E-state index contributed by atoms with van der Waals surface area (Å²) in [5, 5.41) is 0. The molecule has 3 heteroatoms. The van der Waals surface area contributed by atoms with Crippen LogP contribution in [0.15, 0.2) is 48.5 Å². The fourth-order valence-electron chi connectivity index (χ4n) is 2.18. The van der Waals surface area contributed by atoms with Gasteiger partial charge in [0.25, 0.3) is 0 Å². The first-order valence-corrected chi connectivity index (χ1v) is 6.40. The molecule has 0 heterocycles. The van der Waals surface area contributed by atoms with E-state index >= 15 is 0 Å². The van der Waals surface area contributed by atoms with E-state index in [0.29, 0.717) is 5.75 Å². The normalized spacial score (nSPS) is 11.2. The molecule has 2 aromatic carbocycles. The van der Waals surface area contributed by atoms with Gasteiger partial charge in [-0.25, -0.2) is 4.39 Å². The van der Waals surface area contributed by atoms with Crippen molar-refractivity contribution in [2.75, 3.05) is 7.11 Å². The van der Waals surface area contributed by atoms with E-state index in [9.17, 15) is 9.18 Å². The summed E-state index contributed by atoms with van der Waals surface area (Å²) < 4.78 is 18.6. The fourth-order valence-corrected chi connectivity index (χ4v) is 2.18. The number of ketones is 1. The Bertz CT molecular complexity index is 618. The zero-order valence-electron chi connectivity index (χ0n) is 11.8. The Morgan fingerprint density at radius 2 is 1.75 bits per heavy atom. The van der Waals surface area contributed by atoms with Crippen molar-refractivity contribution in [3.63, 3.8) is 0 Å². The minimum atomic E-state index is -0.748. The molecule has 0 aliphatic carbocycles. The van der Waals surface area contributed by atoms with Crippen LogP contribution >= 0.6 is 0 Å². The van der Waals surface area contributed by atoms with Crippen LogP contribution in [0.2, 0.25) is 0 Å². The van der Waals surface area contributed by atoms with Crippen molar-refractivity contribution in [2.24, 2.45) is 0 Å². The number of hydrogen-bond acceptors (Lipinski definition) is 2. The van der Waals surface area contributed by atoms with Gasteiger partial charge in [0.15, 0.2) is 5.78 Å². The van der Waals surface area contributed by atoms with Crippen LogP contribution in [0.1, 0.15) is 29.8 Å². The lowest BCUT2D eigenvalue weighted by Gasteiger charge is -2.24. The summed E-state index contributed by atoms with van der Waals surface area (Å²) in [6, 6.07) is 13.4. The maximum atomic E-state index is 13.4. The largest absolute Gasteiger partial charge is 0.496 e. The van der Waals surface area contributed by atoms with Gasteiger partial charge in [-0.3, -0.25) is 4.79 Å². The molecule has 0 aromatic heterocycles. The third kappa shape index (κ3) is 2.57. The van der Waals surface area contributed by atoms with Gasteiger partial charge in [0.1, 0.15) is 11.6 Å². The van der Waals surface area contributed by atoms with Crippen LogP contribution in [0.25, 0.3) is 0 Å². The van der Waals surface area contributed by atoms with E-state index in [0.717, 1.165) is 5.56 Å². The molecule has 2 nitrogen and oxygen atoms in total. The summed E-state index contributed by atoms with van der Waals surface area (Å²) in [6.45, 7) is 3.66. The van der Waals surface area contributed by atoms with Gasteiger partial charge in [0, 0.05) is 0 Å². The van der Waals surface area contributed by atoms with Crippen molar-refractivity contribution in [1.82, 2.24) is 0 Å². The van der Waals surface area contributed by atoms with Crippen LogP contribution in [-0.2, 0) is 5.41 Å². The maximum Gasteiger partial charge on any atom is 0.176 e. The highest BCUT2D eigenvalue weighted by Gasteiger charge is 2.32. The Morgan fingerprint density at radius 3 is 2.35 bits per heavy atom. The predicted molar refractivity (Wildman–Crippen MR) is 76.8 cm³/mol. The Hall–Kier alpha value is -2.16. The smallest absolute Gasteiger partial charge is 0.176 e. The quantitative estimate of drug-likeness (QED) is 0.786. The Balaban J connectivity index is 2.48. The second-order valence-electron chi connectivity index (χ2n) is 5.16. The second-order valence-corrected chi connectivity index (χ2v) is 5.16. The van der Waals surface area contributed by atoms with Crippen molar-refractivity contribution in [1.29, 1.82) is 0 Å². The first-order valence-electron chi connectivity index (χ1n) is 6.40. The molecule has 0 saturated heterocycles. The van der Waals surface area contributed by atoms with Crippen molar-refractivity contribution < 1.29 is 13.9 Å². The molecule has 2 aromatic rings. The number of hydrogen-bond donors (Lipinski definition) is 0. The number of halogens is 1. The molecule has 2 rings (SSSR count). The van der Waals surface area contributed by atoms with Crippen molar-refractivity contribution in [3.05, 3.63) is 65.5 Å². The van der Waals surface area contributed by atoms with Gasteiger partial charge >= 0.3 is 0 Å². The van der Waals surface area contributed by atoms with Gasteiger partial charge in [0.05, 0.1) is 18.1 Å². The zero-order chi connectivity index (χ0) is 14.8. The van der Waals surface area contributed by atoms with Crippen LogP contribution in [0.5, 0.6) is 5.75 Å². The molecule has 0 radical (unpaired) electrons. The Kier molecular flexibility index (Phi) is 3.89. The summed E-state index contributed by atoms with van der Waals surface area (Å²) in [5.41, 5.74) is 0.403. The summed E-state index contributed by atoms with van der Waals surface area (Å²) in [5.74, 6) is -0.224. The standard InChI is InChI=1S/C17H17FO2/c1-17(2,12-7-5-4-6-8-12)16(19)14-11-13(18)9-10-15(14)20-3/h4-11H,1-3H3. The molecule has 0 atom stereocenters. The highest BCUT2D eigenvalue weighted by Crippen LogP contribution is 2.31. The lowest BCUT2D eigenvalue weighted by Crippen LogP contribution is -2.29. The molecule has 0 aliphatic rings. The number of carbonyl (C=O) groups excluding carboxylic acids is 1. The van der Waals surface area contributed by atoms with Gasteiger partial charge in [-0.1, -0.05) is 30.3 Å². The van der Waals surface area contributed by atoms with Crippen molar-refractivity contribution in [3.8, 4) is 5.75 Å². The molecule has 0 bridgehead atoms. The number of Topliss-reactive ketones (excluding diaryl/α,β-unsaturated/α-hetero) is 1. The summed E-state index contributed by atoms with van der Waals surface area (Å²) in [4.78, 5) is 12.8. The maximum absolute atomic E-state index is 13.4. The lowest BCUT2D eigenvalue weighted by molar-refractivity contribution is 0.0905. The minimum Gasteiger partial charge on any atom is -0.496 e. The van der Waals surface area contributed by atoms with E-state index in [2.05, 4.69) is 0 Å². The van der Waals surface area contributed by atoms with Gasteiger partial charge in [-0.05, 0) is 37.6 Å². The SMILES string of the molecule is COc1ccc(F)cc1C(=O)C(C)(C)c1ccccc1. The molecule has 0 spiro atoms. The zero-order valence-corrected chi connectivity index (χ0v) is 11.8. The summed E-state index contributed by atoms with van der Waals surface area (Å²) >= 11 is 0. The molecular formula is C17H17FO2. The van der Waals surface area contributed by atoms with E-state index in [-0.39, 0.29) is 11.3 Å². The molecular weight excluding hydrogens is 255 g/mol. The minimum absolute atomic E-state index is 0.167. The molecule has 0 N–H and O–H groups in total. The molecule has 0 unspecified atom stereocenters. The van der Waals surface area contributed by atoms with Crippen LogP contribution in [0, 0.1) is 5.82 Å². The van der Waals surface area contributed by atoms with Gasteiger partial charge < -0.3 is 4.74 Å². The number of ether oxygens (including phenoxy) is 1. The molecule has 20 heavy (non-hydrogen) atoms. The van der Waals surface area contributed by atoms with E-state index in [4.69, 9.17) is 4.74 Å². The molecule has 0 amide bonds. The summed E-state index contributed by atoms with van der Waals surface area (Å²) in [7, 11) is 1.47. The summed E-state index contributed by atoms with van der Waals surface area (Å²) in [6.07, 6.45) is 0. The number of methoxy groups -OCH3 is 1. The highest BCUT2D eigenvalue weighted by molar-refractivity contribution is 6.05. The average molecular weight is 272 g/mol. The van der Waals surface area contributed by atoms with Crippen LogP contribution in [-0.4, -0.2) is 12.9 Å². The van der Waals surface area contributed by atoms with E-state index in [1.807, 2.05) is 44.2 Å². The fraction of sp³-hybridized carbons (Fsp3) is 0.235. The third-order valence-corrected chi connectivity index (χ3v) is 3.47. The number of benzene rings is 2. The molecule has 0 saturated carbocycles. The molecule has 104 valence electrons. The van der Waals surface area contributed by atoms with Crippen molar-refractivity contribution >= 4 is 5.78 Å². The Morgan fingerprint density at radius 1 is 1.10 bits per heavy atom. The first-order chi connectivity index (χ1) is 9.46. The van der Waals surface area contributed by atoms with Crippen molar-refractivity contribution in [2.45, 2.75) is 19.3 Å². The van der Waals surface area contributed by atoms with Crippen LogP contribution in [0.3, 0.4) is 0 Å². The van der Waals surface area contributed by atoms with E-state index in [1.54, 1.807) is 0 Å². The number of rotatable bonds is 4. The third-order valence-electron chi connectivity index (χ3n) is 3.47. The molecule has 0 aliphatic heterocycles. The van der Waals surface area contributed by atoms with E-state index in [1.165, 1.54) is 25.3 Å². The average Bonchev–Trinajstić information content (AvgIpc) is 2.47. The monoisotopic (exact) mass is 272 g/mol. The van der Waals surface area contributed by atoms with Crippen LogP contribution in [0.4, 0.5) is 4.39 Å². The van der Waals surface area contributed by atoms with Gasteiger partial charge in [-0.15, -0.1) is 0 Å². The van der Waals surface area contributed by atoms with E-state index < -0.39 is 11.2 Å². The van der Waals surface area contributed by atoms with Crippen LogP contribution < -0.4 is 4.74 Å². The highest BCUT2D eigenvalue weighted by atomic mass is 19.1.